The zero-order chi connectivity index (χ0) is 18.1. The van der Waals surface area contributed by atoms with E-state index in [1.54, 1.807) is 9.58 Å². The zero-order valence-corrected chi connectivity index (χ0v) is 14.6. The monoisotopic (exact) mass is 355 g/mol. The van der Waals surface area contributed by atoms with Gasteiger partial charge in [-0.15, -0.1) is 5.10 Å². The fourth-order valence-corrected chi connectivity index (χ4v) is 3.24. The van der Waals surface area contributed by atoms with Gasteiger partial charge in [0.1, 0.15) is 13.2 Å². The third-order valence-corrected chi connectivity index (χ3v) is 4.69. The number of fused-ring (bicyclic) bond motifs is 1. The first kappa shape index (κ1) is 16.7. The van der Waals surface area contributed by atoms with Crippen molar-refractivity contribution in [2.45, 2.75) is 31.7 Å². The summed E-state index contributed by atoms with van der Waals surface area (Å²) in [7, 11) is 1.51. The number of nitrogens with one attached hydrogen (secondary N) is 1. The molecular formula is C18H21N5O3. The molecule has 0 spiro atoms. The van der Waals surface area contributed by atoms with Crippen molar-refractivity contribution in [2.24, 2.45) is 0 Å². The molecule has 0 saturated heterocycles. The molecule has 1 aromatic carbocycles. The van der Waals surface area contributed by atoms with Gasteiger partial charge in [0, 0.05) is 37.1 Å². The molecule has 0 radical (unpaired) electrons. The largest absolute Gasteiger partial charge is 0.375 e. The number of nitrogens with zero attached hydrogens (tertiary/aromatic N) is 4. The molecule has 1 saturated carbocycles. The summed E-state index contributed by atoms with van der Waals surface area (Å²) in [5.41, 5.74) is 3.62. The van der Waals surface area contributed by atoms with E-state index in [-0.39, 0.29) is 25.0 Å². The molecule has 136 valence electrons. The SMILES string of the molecule is COCC(=O)N1CCc2cc(NC(=O)Cn3cc(C4CC4)nn3)ccc21. The molecule has 1 aliphatic carbocycles. The summed E-state index contributed by atoms with van der Waals surface area (Å²) in [6.45, 7) is 0.839. The lowest BCUT2D eigenvalue weighted by atomic mass is 10.1. The molecule has 1 fully saturated rings. The Morgan fingerprint density at radius 2 is 2.19 bits per heavy atom. The molecule has 4 rings (SSSR count). The highest BCUT2D eigenvalue weighted by molar-refractivity contribution is 5.97. The van der Waals surface area contributed by atoms with Gasteiger partial charge in [0.2, 0.25) is 5.91 Å². The Morgan fingerprint density at radius 3 is 2.96 bits per heavy atom. The zero-order valence-electron chi connectivity index (χ0n) is 14.6. The van der Waals surface area contributed by atoms with E-state index in [0.717, 1.165) is 41.9 Å². The molecule has 1 aliphatic heterocycles. The van der Waals surface area contributed by atoms with E-state index in [2.05, 4.69) is 15.6 Å². The van der Waals surface area contributed by atoms with Gasteiger partial charge in [-0.05, 0) is 43.0 Å². The van der Waals surface area contributed by atoms with Crippen LogP contribution in [-0.4, -0.2) is 47.1 Å². The maximum absolute atomic E-state index is 12.3. The number of aromatic nitrogens is 3. The van der Waals surface area contributed by atoms with Crippen LogP contribution in [0.15, 0.2) is 24.4 Å². The maximum atomic E-state index is 12.3. The Morgan fingerprint density at radius 1 is 1.35 bits per heavy atom. The molecule has 1 N–H and O–H groups in total. The van der Waals surface area contributed by atoms with Crippen molar-refractivity contribution in [3.8, 4) is 0 Å². The van der Waals surface area contributed by atoms with Gasteiger partial charge in [0.05, 0.1) is 5.69 Å². The van der Waals surface area contributed by atoms with Crippen LogP contribution in [0.5, 0.6) is 0 Å². The Labute approximate surface area is 151 Å². The van der Waals surface area contributed by atoms with Gasteiger partial charge < -0.3 is 15.0 Å². The number of rotatable bonds is 6. The summed E-state index contributed by atoms with van der Waals surface area (Å²) < 4.78 is 6.49. The second-order valence-corrected chi connectivity index (χ2v) is 6.74. The van der Waals surface area contributed by atoms with Crippen LogP contribution in [0.2, 0.25) is 0 Å². The number of amides is 2. The number of carbonyl (C=O) groups excluding carboxylic acids is 2. The lowest BCUT2D eigenvalue weighted by molar-refractivity contribution is -0.122. The lowest BCUT2D eigenvalue weighted by Crippen LogP contribution is -2.31. The normalized spacial score (nSPS) is 15.8. The molecule has 2 aromatic rings. The van der Waals surface area contributed by atoms with Crippen LogP contribution in [0.4, 0.5) is 11.4 Å². The second kappa shape index (κ2) is 6.87. The lowest BCUT2D eigenvalue weighted by Gasteiger charge is -2.17. The van der Waals surface area contributed by atoms with E-state index >= 15 is 0 Å². The van der Waals surface area contributed by atoms with E-state index in [4.69, 9.17) is 4.74 Å². The predicted octanol–water partition coefficient (Wildman–Crippen LogP) is 1.33. The standard InChI is InChI=1S/C18H21N5O3/c1-26-11-18(25)23-7-6-13-8-14(4-5-16(13)23)19-17(24)10-22-9-15(20-21-22)12-2-3-12/h4-5,8-9,12H,2-3,6-7,10-11H2,1H3,(H,19,24). The number of methoxy groups -OCH3 is 1. The number of benzene rings is 1. The topological polar surface area (TPSA) is 89.4 Å². The van der Waals surface area contributed by atoms with E-state index in [0.29, 0.717) is 12.5 Å². The van der Waals surface area contributed by atoms with Gasteiger partial charge in [0.15, 0.2) is 0 Å². The molecule has 0 atom stereocenters. The predicted molar refractivity (Wildman–Crippen MR) is 95.0 cm³/mol. The van der Waals surface area contributed by atoms with Crippen LogP contribution < -0.4 is 10.2 Å². The number of carbonyl (C=O) groups is 2. The number of anilines is 2. The van der Waals surface area contributed by atoms with Crippen molar-refractivity contribution in [2.75, 3.05) is 30.5 Å². The summed E-state index contributed by atoms with van der Waals surface area (Å²) in [6.07, 6.45) is 4.93. The van der Waals surface area contributed by atoms with E-state index in [1.165, 1.54) is 7.11 Å². The minimum absolute atomic E-state index is 0.0549. The van der Waals surface area contributed by atoms with E-state index in [9.17, 15) is 9.59 Å². The van der Waals surface area contributed by atoms with Crippen LogP contribution in [0, 0.1) is 0 Å². The Bertz CT molecular complexity index is 843. The average Bonchev–Trinajstić information content (AvgIpc) is 3.21. The smallest absolute Gasteiger partial charge is 0.252 e. The van der Waals surface area contributed by atoms with Gasteiger partial charge in [-0.25, -0.2) is 4.68 Å². The van der Waals surface area contributed by atoms with E-state index in [1.807, 2.05) is 24.4 Å². The van der Waals surface area contributed by atoms with Gasteiger partial charge in [-0.2, -0.15) is 0 Å². The summed E-state index contributed by atoms with van der Waals surface area (Å²) in [5, 5.41) is 11.0. The number of hydrogen-bond acceptors (Lipinski definition) is 5. The number of ether oxygens (including phenoxy) is 1. The minimum Gasteiger partial charge on any atom is -0.375 e. The highest BCUT2D eigenvalue weighted by Crippen LogP contribution is 2.38. The molecule has 2 aliphatic rings. The summed E-state index contributed by atoms with van der Waals surface area (Å²) in [6, 6.07) is 5.60. The molecular weight excluding hydrogens is 334 g/mol. The molecule has 1 aromatic heterocycles. The quantitative estimate of drug-likeness (QED) is 0.844. The summed E-state index contributed by atoms with van der Waals surface area (Å²) in [5.74, 6) is 0.315. The van der Waals surface area contributed by atoms with E-state index < -0.39 is 0 Å². The molecule has 26 heavy (non-hydrogen) atoms. The first-order valence-corrected chi connectivity index (χ1v) is 8.76. The molecule has 0 bridgehead atoms. The first-order chi connectivity index (χ1) is 12.6. The molecule has 8 nitrogen and oxygen atoms in total. The van der Waals surface area contributed by atoms with Crippen molar-refractivity contribution in [3.05, 3.63) is 35.7 Å². The van der Waals surface area contributed by atoms with Crippen LogP contribution in [0.3, 0.4) is 0 Å². The fraction of sp³-hybridized carbons (Fsp3) is 0.444. The highest BCUT2D eigenvalue weighted by atomic mass is 16.5. The second-order valence-electron chi connectivity index (χ2n) is 6.74. The van der Waals surface area contributed by atoms with Gasteiger partial charge in [-0.3, -0.25) is 9.59 Å². The van der Waals surface area contributed by atoms with Crippen molar-refractivity contribution < 1.29 is 14.3 Å². The minimum atomic E-state index is -0.150. The average molecular weight is 355 g/mol. The molecule has 2 amide bonds. The molecule has 8 heteroatoms. The molecule has 0 unspecified atom stereocenters. The van der Waals surface area contributed by atoms with Crippen LogP contribution in [-0.2, 0) is 27.3 Å². The van der Waals surface area contributed by atoms with Crippen LogP contribution in [0.25, 0.3) is 0 Å². The van der Waals surface area contributed by atoms with Crippen molar-refractivity contribution in [1.29, 1.82) is 0 Å². The summed E-state index contributed by atoms with van der Waals surface area (Å²) in [4.78, 5) is 26.0. The number of hydrogen-bond donors (Lipinski definition) is 1. The maximum Gasteiger partial charge on any atom is 0.252 e. The van der Waals surface area contributed by atoms with Crippen LogP contribution >= 0.6 is 0 Å². The third-order valence-electron chi connectivity index (χ3n) is 4.69. The highest BCUT2D eigenvalue weighted by Gasteiger charge is 2.27. The van der Waals surface area contributed by atoms with Crippen LogP contribution in [0.1, 0.15) is 30.0 Å². The third kappa shape index (κ3) is 3.45. The Balaban J connectivity index is 1.39. The Kier molecular flexibility index (Phi) is 4.42. The molecule has 2 heterocycles. The van der Waals surface area contributed by atoms with Crippen molar-refractivity contribution in [3.63, 3.8) is 0 Å². The van der Waals surface area contributed by atoms with Gasteiger partial charge >= 0.3 is 0 Å². The van der Waals surface area contributed by atoms with Crippen molar-refractivity contribution in [1.82, 2.24) is 15.0 Å². The first-order valence-electron chi connectivity index (χ1n) is 8.76. The Hall–Kier alpha value is -2.74. The fourth-order valence-electron chi connectivity index (χ4n) is 3.24. The van der Waals surface area contributed by atoms with Gasteiger partial charge in [-0.1, -0.05) is 5.21 Å². The van der Waals surface area contributed by atoms with Gasteiger partial charge in [0.25, 0.3) is 5.91 Å². The van der Waals surface area contributed by atoms with Crippen molar-refractivity contribution >= 4 is 23.2 Å². The summed E-state index contributed by atoms with van der Waals surface area (Å²) >= 11 is 0.